The van der Waals surface area contributed by atoms with Gasteiger partial charge in [0, 0.05) is 11.8 Å². The number of furan rings is 1. The summed E-state index contributed by atoms with van der Waals surface area (Å²) >= 11 is 1.62. The van der Waals surface area contributed by atoms with Crippen LogP contribution in [0.25, 0.3) is 0 Å². The molecule has 0 aliphatic carbocycles. The topological polar surface area (TPSA) is 75.4 Å². The fraction of sp³-hybridized carbons (Fsp3) is 0.500. The zero-order valence-corrected chi connectivity index (χ0v) is 14.0. The number of aromatic nitrogens is 1. The molecule has 0 spiro atoms. The van der Waals surface area contributed by atoms with Gasteiger partial charge in [0.2, 0.25) is 5.91 Å². The number of amides is 1. The molecule has 2 heterocycles. The van der Waals surface area contributed by atoms with Gasteiger partial charge in [-0.2, -0.15) is 0 Å². The predicted molar refractivity (Wildman–Crippen MR) is 85.8 cm³/mol. The van der Waals surface area contributed by atoms with Crippen molar-refractivity contribution in [3.05, 3.63) is 39.7 Å². The SMILES string of the molecule is Cc1ccc(C(C)(O)CNC(=O)CCCc2csc(C)n2)o1. The normalized spacial score (nSPS) is 13.8. The van der Waals surface area contributed by atoms with Crippen molar-refractivity contribution in [3.63, 3.8) is 0 Å². The van der Waals surface area contributed by atoms with Gasteiger partial charge in [-0.3, -0.25) is 4.79 Å². The van der Waals surface area contributed by atoms with E-state index >= 15 is 0 Å². The summed E-state index contributed by atoms with van der Waals surface area (Å²) in [7, 11) is 0. The molecular formula is C16H22N2O3S. The number of hydrogen-bond donors (Lipinski definition) is 2. The van der Waals surface area contributed by atoms with Crippen molar-refractivity contribution in [1.29, 1.82) is 0 Å². The smallest absolute Gasteiger partial charge is 0.220 e. The van der Waals surface area contributed by atoms with Gasteiger partial charge in [0.1, 0.15) is 17.1 Å². The molecule has 0 fully saturated rings. The van der Waals surface area contributed by atoms with Gasteiger partial charge in [-0.25, -0.2) is 4.98 Å². The van der Waals surface area contributed by atoms with Crippen molar-refractivity contribution in [2.75, 3.05) is 6.54 Å². The van der Waals surface area contributed by atoms with Crippen LogP contribution in [0.5, 0.6) is 0 Å². The lowest BCUT2D eigenvalue weighted by Crippen LogP contribution is -2.38. The van der Waals surface area contributed by atoms with Crippen LogP contribution in [0.15, 0.2) is 21.9 Å². The van der Waals surface area contributed by atoms with Crippen molar-refractivity contribution < 1.29 is 14.3 Å². The minimum atomic E-state index is -1.20. The quantitative estimate of drug-likeness (QED) is 0.822. The van der Waals surface area contributed by atoms with Crippen LogP contribution in [0, 0.1) is 13.8 Å². The Kier molecular flexibility index (Phi) is 5.37. The fourth-order valence-electron chi connectivity index (χ4n) is 2.12. The number of hydrogen-bond acceptors (Lipinski definition) is 5. The van der Waals surface area contributed by atoms with Crippen LogP contribution in [-0.4, -0.2) is 22.5 Å². The highest BCUT2D eigenvalue weighted by atomic mass is 32.1. The van der Waals surface area contributed by atoms with E-state index in [1.807, 2.05) is 19.2 Å². The van der Waals surface area contributed by atoms with Crippen molar-refractivity contribution in [3.8, 4) is 0 Å². The summed E-state index contributed by atoms with van der Waals surface area (Å²) in [6, 6.07) is 3.52. The summed E-state index contributed by atoms with van der Waals surface area (Å²) in [5.41, 5.74) is -0.163. The first-order valence-corrected chi connectivity index (χ1v) is 8.22. The minimum absolute atomic E-state index is 0.0736. The van der Waals surface area contributed by atoms with E-state index in [0.29, 0.717) is 12.2 Å². The lowest BCUT2D eigenvalue weighted by molar-refractivity contribution is -0.122. The third-order valence-corrected chi connectivity index (χ3v) is 4.23. The summed E-state index contributed by atoms with van der Waals surface area (Å²) < 4.78 is 5.41. The molecule has 0 saturated carbocycles. The van der Waals surface area contributed by atoms with E-state index in [9.17, 15) is 9.90 Å². The largest absolute Gasteiger partial charge is 0.463 e. The Morgan fingerprint density at radius 3 is 2.82 bits per heavy atom. The molecule has 2 aromatic heterocycles. The molecule has 1 atom stereocenters. The lowest BCUT2D eigenvalue weighted by Gasteiger charge is -2.21. The van der Waals surface area contributed by atoms with Crippen molar-refractivity contribution >= 4 is 17.2 Å². The van der Waals surface area contributed by atoms with E-state index in [1.165, 1.54) is 0 Å². The molecule has 22 heavy (non-hydrogen) atoms. The standard InChI is InChI=1S/C16H22N2O3S/c1-11-7-8-14(21-11)16(3,20)10-17-15(19)6-4-5-13-9-22-12(2)18-13/h7-9,20H,4-6,10H2,1-3H3,(H,17,19). The van der Waals surface area contributed by atoms with Crippen LogP contribution < -0.4 is 5.32 Å². The van der Waals surface area contributed by atoms with Crippen LogP contribution in [0.3, 0.4) is 0 Å². The number of aryl methyl sites for hydroxylation is 3. The molecule has 0 aliphatic rings. The van der Waals surface area contributed by atoms with Crippen LogP contribution in [0.4, 0.5) is 0 Å². The Morgan fingerprint density at radius 1 is 1.45 bits per heavy atom. The Bertz CT molecular complexity index is 631. The Hall–Kier alpha value is -1.66. The zero-order valence-electron chi connectivity index (χ0n) is 13.2. The number of thiazole rings is 1. The summed E-state index contributed by atoms with van der Waals surface area (Å²) in [6.45, 7) is 5.55. The first-order valence-electron chi connectivity index (χ1n) is 7.34. The second-order valence-electron chi connectivity index (χ2n) is 5.67. The monoisotopic (exact) mass is 322 g/mol. The number of nitrogens with zero attached hydrogens (tertiary/aromatic N) is 1. The lowest BCUT2D eigenvalue weighted by atomic mass is 10.0. The van der Waals surface area contributed by atoms with Gasteiger partial charge in [-0.05, 0) is 45.7 Å². The number of carbonyl (C=O) groups is 1. The molecule has 5 nitrogen and oxygen atoms in total. The number of rotatable bonds is 7. The molecule has 120 valence electrons. The average Bonchev–Trinajstić information content (AvgIpc) is 3.06. The van der Waals surface area contributed by atoms with Gasteiger partial charge >= 0.3 is 0 Å². The number of aliphatic hydroxyl groups is 1. The van der Waals surface area contributed by atoms with Gasteiger partial charge < -0.3 is 14.8 Å². The second kappa shape index (κ2) is 7.07. The van der Waals surface area contributed by atoms with Gasteiger partial charge in [0.15, 0.2) is 0 Å². The summed E-state index contributed by atoms with van der Waals surface area (Å²) in [4.78, 5) is 16.2. The maximum absolute atomic E-state index is 11.9. The van der Waals surface area contributed by atoms with Crippen LogP contribution in [0.2, 0.25) is 0 Å². The molecule has 0 radical (unpaired) electrons. The molecular weight excluding hydrogens is 300 g/mol. The van der Waals surface area contributed by atoms with E-state index in [0.717, 1.165) is 29.3 Å². The summed E-state index contributed by atoms with van der Waals surface area (Å²) in [5, 5.41) is 16.2. The second-order valence-corrected chi connectivity index (χ2v) is 6.73. The van der Waals surface area contributed by atoms with Crippen molar-refractivity contribution in [1.82, 2.24) is 10.3 Å². The highest BCUT2D eigenvalue weighted by molar-refractivity contribution is 7.09. The third-order valence-electron chi connectivity index (χ3n) is 3.40. The van der Waals surface area contributed by atoms with Crippen LogP contribution in [0.1, 0.15) is 42.0 Å². The maximum atomic E-state index is 11.9. The number of nitrogens with one attached hydrogen (secondary N) is 1. The summed E-state index contributed by atoms with van der Waals surface area (Å²) in [5.74, 6) is 1.12. The highest BCUT2D eigenvalue weighted by Crippen LogP contribution is 2.22. The number of carbonyl (C=O) groups excluding carboxylic acids is 1. The van der Waals surface area contributed by atoms with Gasteiger partial charge in [-0.15, -0.1) is 11.3 Å². The van der Waals surface area contributed by atoms with Crippen molar-refractivity contribution in [2.24, 2.45) is 0 Å². The van der Waals surface area contributed by atoms with E-state index in [-0.39, 0.29) is 12.5 Å². The van der Waals surface area contributed by atoms with Crippen LogP contribution >= 0.6 is 11.3 Å². The van der Waals surface area contributed by atoms with Crippen molar-refractivity contribution in [2.45, 2.75) is 45.6 Å². The highest BCUT2D eigenvalue weighted by Gasteiger charge is 2.27. The fourth-order valence-corrected chi connectivity index (χ4v) is 2.77. The van der Waals surface area contributed by atoms with E-state index in [4.69, 9.17) is 4.42 Å². The van der Waals surface area contributed by atoms with Gasteiger partial charge in [-0.1, -0.05) is 0 Å². The Balaban J connectivity index is 1.73. The molecule has 0 aliphatic heterocycles. The predicted octanol–water partition coefficient (Wildman–Crippen LogP) is 2.70. The first-order chi connectivity index (χ1) is 10.4. The van der Waals surface area contributed by atoms with E-state index in [2.05, 4.69) is 10.3 Å². The van der Waals surface area contributed by atoms with E-state index in [1.54, 1.807) is 30.4 Å². The molecule has 2 rings (SSSR count). The average molecular weight is 322 g/mol. The molecule has 0 saturated heterocycles. The van der Waals surface area contributed by atoms with E-state index < -0.39 is 5.60 Å². The van der Waals surface area contributed by atoms with Crippen LogP contribution in [-0.2, 0) is 16.8 Å². The maximum Gasteiger partial charge on any atom is 0.220 e. The molecule has 1 amide bonds. The molecule has 1 unspecified atom stereocenters. The first kappa shape index (κ1) is 16.7. The van der Waals surface area contributed by atoms with Gasteiger partial charge in [0.25, 0.3) is 0 Å². The molecule has 2 aromatic rings. The van der Waals surface area contributed by atoms with Gasteiger partial charge in [0.05, 0.1) is 17.2 Å². The molecule has 0 aromatic carbocycles. The molecule has 6 heteroatoms. The Morgan fingerprint density at radius 2 is 2.23 bits per heavy atom. The summed E-state index contributed by atoms with van der Waals surface area (Å²) in [6.07, 6.45) is 1.96. The third kappa shape index (κ3) is 4.68. The zero-order chi connectivity index (χ0) is 16.2. The minimum Gasteiger partial charge on any atom is -0.463 e. The molecule has 0 bridgehead atoms. The Labute approximate surface area is 134 Å². The molecule has 2 N–H and O–H groups in total.